The number of thioether (sulfide) groups is 1. The molecule has 0 aromatic heterocycles. The van der Waals surface area contributed by atoms with E-state index in [1.54, 1.807) is 24.3 Å². The molecular weight excluding hydrogens is 550 g/mol. The number of benzene rings is 3. The third kappa shape index (κ3) is 14.8. The first kappa shape index (κ1) is 33.0. The van der Waals surface area contributed by atoms with Crippen LogP contribution in [0.3, 0.4) is 0 Å². The van der Waals surface area contributed by atoms with Gasteiger partial charge in [0.25, 0.3) is 0 Å². The van der Waals surface area contributed by atoms with Crippen molar-refractivity contribution in [3.05, 3.63) is 89.5 Å². The molecule has 0 saturated carbocycles. The Balaban J connectivity index is 0.00000103. The van der Waals surface area contributed by atoms with Crippen molar-refractivity contribution in [1.82, 2.24) is 0 Å². The number of nitrogens with two attached hydrogens (primary N) is 1. The number of ether oxygens (including phenoxy) is 1. The molecule has 40 heavy (non-hydrogen) atoms. The Morgan fingerprint density at radius 3 is 1.88 bits per heavy atom. The van der Waals surface area contributed by atoms with Gasteiger partial charge in [-0.15, -0.1) is 11.8 Å². The third-order valence-corrected chi connectivity index (χ3v) is 6.80. The lowest BCUT2D eigenvalue weighted by atomic mass is 10.1. The van der Waals surface area contributed by atoms with Crippen LogP contribution < -0.4 is 14.7 Å². The van der Waals surface area contributed by atoms with E-state index < -0.39 is 21.3 Å². The van der Waals surface area contributed by atoms with Crippen molar-refractivity contribution in [2.45, 2.75) is 50.8 Å². The molecule has 0 fully saturated rings. The number of aliphatic carboxylic acids is 1. The zero-order valence-corrected chi connectivity index (χ0v) is 25.0. The van der Waals surface area contributed by atoms with Gasteiger partial charge in [-0.1, -0.05) is 36.4 Å². The van der Waals surface area contributed by atoms with Crippen molar-refractivity contribution in [2.75, 3.05) is 18.6 Å². The van der Waals surface area contributed by atoms with Crippen LogP contribution in [0.1, 0.15) is 37.5 Å². The van der Waals surface area contributed by atoms with Crippen molar-refractivity contribution in [1.29, 1.82) is 0 Å². The maximum atomic E-state index is 11.7. The summed E-state index contributed by atoms with van der Waals surface area (Å²) in [6, 6.07) is 21.2. The highest BCUT2D eigenvalue weighted by Crippen LogP contribution is 2.21. The Hall–Kier alpha value is -3.21. The van der Waals surface area contributed by atoms with Gasteiger partial charge >= 0.3 is 16.1 Å². The molecule has 0 amide bonds. The van der Waals surface area contributed by atoms with Crippen LogP contribution >= 0.6 is 11.8 Å². The van der Waals surface area contributed by atoms with Gasteiger partial charge in [-0.3, -0.25) is 4.79 Å². The molecule has 8 nitrogen and oxygen atoms in total. The lowest BCUT2D eigenvalue weighted by molar-refractivity contribution is -0.136. The summed E-state index contributed by atoms with van der Waals surface area (Å²) in [4.78, 5) is 11.7. The molecule has 3 aromatic rings. The van der Waals surface area contributed by atoms with Gasteiger partial charge in [0, 0.05) is 12.0 Å². The summed E-state index contributed by atoms with van der Waals surface area (Å²) in [6.07, 6.45) is 2.84. The molecule has 1 atom stereocenters. The summed E-state index contributed by atoms with van der Waals surface area (Å²) in [5.74, 6) is 0.907. The van der Waals surface area contributed by atoms with Crippen molar-refractivity contribution in [3.8, 4) is 17.2 Å². The molecule has 3 rings (SSSR count). The Bertz CT molecular complexity index is 1280. The maximum Gasteiger partial charge on any atom is 0.316 e. The molecule has 218 valence electrons. The summed E-state index contributed by atoms with van der Waals surface area (Å²) in [6.45, 7) is 6.34. The van der Waals surface area contributed by atoms with Crippen LogP contribution in [-0.2, 0) is 34.2 Å². The number of phenolic OH excluding ortho intramolecular Hbond substituents is 1. The topological polar surface area (TPSA) is 136 Å². The molecule has 0 aliphatic carbocycles. The minimum Gasteiger partial charge on any atom is -0.508 e. The monoisotopic (exact) mass is 589 g/mol. The number of aryl methyl sites for hydroxylation is 1. The first-order valence-corrected chi connectivity index (χ1v) is 15.7. The Morgan fingerprint density at radius 2 is 1.35 bits per heavy atom. The van der Waals surface area contributed by atoms with Gasteiger partial charge in [-0.05, 0) is 92.5 Å². The summed E-state index contributed by atoms with van der Waals surface area (Å²) in [5, 5.41) is 18.4. The predicted octanol–water partition coefficient (Wildman–Crippen LogP) is 5.07. The van der Waals surface area contributed by atoms with E-state index in [2.05, 4.69) is 0 Å². The van der Waals surface area contributed by atoms with Crippen molar-refractivity contribution >= 4 is 27.8 Å². The SMILES string of the molecule is CC(C)(C)N.CS(=O)(=O)Oc1ccc(OCCc2ccc(C[C@H](SCCc3ccc(O)cc3)C(=O)O)cc2)cc1. The van der Waals surface area contributed by atoms with E-state index >= 15 is 0 Å². The standard InChI is InChI=1S/C26H28O7S2.C4H11N/c1-35(30,31)33-24-12-10-23(11-13-24)32-16-14-19-2-4-21(5-3-19)18-25(26(28)29)34-17-15-20-6-8-22(27)9-7-20;1-4(2,3)5/h2-13,25,27H,14-18H2,1H3,(H,28,29);5H2,1-3H3/t25-;/m0./s1. The van der Waals surface area contributed by atoms with Crippen LogP contribution in [0, 0.1) is 0 Å². The number of aromatic hydroxyl groups is 1. The molecule has 0 radical (unpaired) electrons. The molecule has 3 aromatic carbocycles. The van der Waals surface area contributed by atoms with E-state index in [1.807, 2.05) is 57.2 Å². The van der Waals surface area contributed by atoms with E-state index in [1.165, 1.54) is 23.9 Å². The molecule has 0 bridgehead atoms. The van der Waals surface area contributed by atoms with E-state index in [0.29, 0.717) is 31.0 Å². The molecule has 0 aliphatic heterocycles. The fraction of sp³-hybridized carbons (Fsp3) is 0.367. The highest BCUT2D eigenvalue weighted by atomic mass is 32.2. The van der Waals surface area contributed by atoms with E-state index in [0.717, 1.165) is 29.4 Å². The van der Waals surface area contributed by atoms with Gasteiger partial charge in [-0.2, -0.15) is 8.42 Å². The van der Waals surface area contributed by atoms with Crippen LogP contribution in [0.15, 0.2) is 72.8 Å². The van der Waals surface area contributed by atoms with Crippen molar-refractivity contribution < 1.29 is 32.3 Å². The highest BCUT2D eigenvalue weighted by molar-refractivity contribution is 8.00. The number of hydrogen-bond acceptors (Lipinski definition) is 8. The average Bonchev–Trinajstić information content (AvgIpc) is 2.84. The van der Waals surface area contributed by atoms with Crippen LogP contribution in [0.5, 0.6) is 17.2 Å². The van der Waals surface area contributed by atoms with Crippen molar-refractivity contribution in [3.63, 3.8) is 0 Å². The number of rotatable bonds is 13. The van der Waals surface area contributed by atoms with Gasteiger partial charge in [0.1, 0.15) is 22.5 Å². The minimum atomic E-state index is -3.56. The molecule has 0 unspecified atom stereocenters. The summed E-state index contributed by atoms with van der Waals surface area (Å²) in [5.41, 5.74) is 8.44. The van der Waals surface area contributed by atoms with Crippen LogP contribution in [0.25, 0.3) is 0 Å². The Labute approximate surface area is 241 Å². The van der Waals surface area contributed by atoms with Gasteiger partial charge in [0.15, 0.2) is 0 Å². The number of hydrogen-bond donors (Lipinski definition) is 3. The molecule has 0 spiro atoms. The van der Waals surface area contributed by atoms with Crippen LogP contribution in [-0.4, -0.2) is 54.0 Å². The largest absolute Gasteiger partial charge is 0.508 e. The Morgan fingerprint density at radius 1 is 0.875 bits per heavy atom. The number of carboxylic acid groups (broad SMARTS) is 1. The second-order valence-corrected chi connectivity index (χ2v) is 13.2. The smallest absolute Gasteiger partial charge is 0.316 e. The molecule has 10 heteroatoms. The van der Waals surface area contributed by atoms with Gasteiger partial charge < -0.3 is 24.9 Å². The zero-order valence-electron chi connectivity index (χ0n) is 23.4. The normalized spacial score (nSPS) is 12.1. The van der Waals surface area contributed by atoms with Gasteiger partial charge in [-0.25, -0.2) is 0 Å². The second kappa shape index (κ2) is 15.5. The molecular formula is C30H39NO7S2. The molecule has 0 heterocycles. The first-order chi connectivity index (χ1) is 18.7. The fourth-order valence-electron chi connectivity index (χ4n) is 3.31. The van der Waals surface area contributed by atoms with Crippen LogP contribution in [0.4, 0.5) is 0 Å². The minimum absolute atomic E-state index is 0. The first-order valence-electron chi connectivity index (χ1n) is 12.8. The predicted molar refractivity (Wildman–Crippen MR) is 161 cm³/mol. The van der Waals surface area contributed by atoms with Crippen LogP contribution in [0.2, 0.25) is 0 Å². The summed E-state index contributed by atoms with van der Waals surface area (Å²) in [7, 11) is -3.56. The maximum absolute atomic E-state index is 11.7. The lowest BCUT2D eigenvalue weighted by Crippen LogP contribution is -2.26. The Kier molecular flexibility index (Phi) is 12.8. The van der Waals surface area contributed by atoms with Crippen molar-refractivity contribution in [2.24, 2.45) is 5.73 Å². The number of phenols is 1. The average molecular weight is 590 g/mol. The molecule has 0 aliphatic rings. The van der Waals surface area contributed by atoms with Gasteiger partial charge in [0.2, 0.25) is 0 Å². The fourth-order valence-corrected chi connectivity index (χ4v) is 4.86. The lowest BCUT2D eigenvalue weighted by Gasteiger charge is -2.13. The van der Waals surface area contributed by atoms with E-state index in [9.17, 15) is 23.4 Å². The quantitative estimate of drug-likeness (QED) is 0.234. The summed E-state index contributed by atoms with van der Waals surface area (Å²) < 4.78 is 32.8. The third-order valence-electron chi connectivity index (χ3n) is 5.10. The molecule has 4 N–H and O–H groups in total. The van der Waals surface area contributed by atoms with E-state index in [-0.39, 0.29) is 17.0 Å². The number of carboxylic acids is 1. The van der Waals surface area contributed by atoms with E-state index in [4.69, 9.17) is 14.7 Å². The highest BCUT2D eigenvalue weighted by Gasteiger charge is 2.18. The molecule has 0 saturated heterocycles. The van der Waals surface area contributed by atoms with Gasteiger partial charge in [0.05, 0.1) is 12.9 Å². The zero-order chi connectivity index (χ0) is 29.8. The second-order valence-electron chi connectivity index (χ2n) is 10.4. The number of carbonyl (C=O) groups is 1. The summed E-state index contributed by atoms with van der Waals surface area (Å²) >= 11 is 1.42.